The second-order valence-corrected chi connectivity index (χ2v) is 8.49. The van der Waals surface area contributed by atoms with E-state index in [1.807, 2.05) is 0 Å². The summed E-state index contributed by atoms with van der Waals surface area (Å²) in [5.74, 6) is -0.886. The molecule has 0 aliphatic carbocycles. The Morgan fingerprint density at radius 3 is 2.71 bits per heavy atom. The van der Waals surface area contributed by atoms with Crippen LogP contribution in [0.25, 0.3) is 0 Å². The molecule has 174 valence electrons. The maximum absolute atomic E-state index is 14.1. The van der Waals surface area contributed by atoms with Crippen LogP contribution in [0.3, 0.4) is 0 Å². The zero-order chi connectivity index (χ0) is 22.1. The van der Waals surface area contributed by atoms with Crippen molar-refractivity contribution in [3.63, 3.8) is 0 Å². The molecule has 2 fully saturated rings. The van der Waals surface area contributed by atoms with E-state index in [9.17, 15) is 14.3 Å². The smallest absolute Gasteiger partial charge is 0.256 e. The molecule has 3 rings (SSSR count). The average molecular weight is 438 g/mol. The first-order valence-electron chi connectivity index (χ1n) is 11.3. The number of methoxy groups -OCH3 is 1. The van der Waals surface area contributed by atoms with Crippen LogP contribution in [0.2, 0.25) is 0 Å². The number of hydrogen-bond acceptors (Lipinski definition) is 6. The largest absolute Gasteiger partial charge is 0.390 e. The van der Waals surface area contributed by atoms with Crippen LogP contribution in [0.15, 0.2) is 24.3 Å². The summed E-state index contributed by atoms with van der Waals surface area (Å²) < 4.78 is 25.2. The van der Waals surface area contributed by atoms with Crippen LogP contribution in [-0.2, 0) is 9.47 Å². The summed E-state index contributed by atoms with van der Waals surface area (Å²) in [6.07, 6.45) is 3.10. The standard InChI is InChI=1S/C23H36FN3O4/c1-30-13-12-27(23(29)21-7-3-4-8-22(21)24)18-20-17-26(11-14-31-20)16-19(28)15-25-9-5-2-6-10-25/h3-4,7-8,19-20,28H,2,5-6,9-18H2,1H3. The van der Waals surface area contributed by atoms with Crippen molar-refractivity contribution >= 4 is 5.91 Å². The summed E-state index contributed by atoms with van der Waals surface area (Å²) in [6.45, 7) is 6.45. The molecule has 7 nitrogen and oxygen atoms in total. The van der Waals surface area contributed by atoms with Gasteiger partial charge in [0.15, 0.2) is 0 Å². The summed E-state index contributed by atoms with van der Waals surface area (Å²) in [6, 6.07) is 6.03. The number of rotatable bonds is 10. The number of carbonyl (C=O) groups excluding carboxylic acids is 1. The number of carbonyl (C=O) groups is 1. The Morgan fingerprint density at radius 1 is 1.23 bits per heavy atom. The van der Waals surface area contributed by atoms with Gasteiger partial charge in [-0.2, -0.15) is 0 Å². The number of hydrogen-bond donors (Lipinski definition) is 1. The summed E-state index contributed by atoms with van der Waals surface area (Å²) in [5, 5.41) is 10.6. The highest BCUT2D eigenvalue weighted by atomic mass is 19.1. The molecule has 1 amide bonds. The van der Waals surface area contributed by atoms with Crippen molar-refractivity contribution in [2.75, 3.05) is 72.7 Å². The molecule has 2 aliphatic heterocycles. The number of amides is 1. The van der Waals surface area contributed by atoms with Crippen LogP contribution in [-0.4, -0.2) is 111 Å². The molecule has 0 saturated carbocycles. The minimum absolute atomic E-state index is 0.0585. The molecular weight excluding hydrogens is 401 g/mol. The van der Waals surface area contributed by atoms with Gasteiger partial charge in [-0.1, -0.05) is 18.6 Å². The number of piperidine rings is 1. The lowest BCUT2D eigenvalue weighted by atomic mass is 10.1. The van der Waals surface area contributed by atoms with Crippen LogP contribution in [0, 0.1) is 5.82 Å². The van der Waals surface area contributed by atoms with E-state index in [1.165, 1.54) is 31.4 Å². The van der Waals surface area contributed by atoms with E-state index in [0.29, 0.717) is 45.9 Å². The lowest BCUT2D eigenvalue weighted by Gasteiger charge is -2.37. The first-order valence-corrected chi connectivity index (χ1v) is 11.3. The number of nitrogens with zero attached hydrogens (tertiary/aromatic N) is 3. The Labute approximate surface area is 184 Å². The fourth-order valence-electron chi connectivity index (χ4n) is 4.38. The molecule has 1 N–H and O–H groups in total. The van der Waals surface area contributed by atoms with Crippen molar-refractivity contribution in [1.29, 1.82) is 0 Å². The second-order valence-electron chi connectivity index (χ2n) is 8.49. The predicted octanol–water partition coefficient (Wildman–Crippen LogP) is 1.46. The third-order valence-electron chi connectivity index (χ3n) is 5.99. The predicted molar refractivity (Wildman–Crippen MR) is 117 cm³/mol. The average Bonchev–Trinajstić information content (AvgIpc) is 2.77. The highest BCUT2D eigenvalue weighted by Crippen LogP contribution is 2.14. The van der Waals surface area contributed by atoms with Crippen molar-refractivity contribution in [2.24, 2.45) is 0 Å². The van der Waals surface area contributed by atoms with E-state index in [1.54, 1.807) is 24.1 Å². The van der Waals surface area contributed by atoms with E-state index in [0.717, 1.165) is 19.6 Å². The molecule has 2 heterocycles. The number of aliphatic hydroxyl groups excluding tert-OH is 1. The minimum atomic E-state index is -0.526. The maximum atomic E-state index is 14.1. The Kier molecular flexibility index (Phi) is 9.67. The van der Waals surface area contributed by atoms with E-state index in [4.69, 9.17) is 9.47 Å². The van der Waals surface area contributed by atoms with Crippen molar-refractivity contribution in [1.82, 2.24) is 14.7 Å². The van der Waals surface area contributed by atoms with Gasteiger partial charge in [-0.15, -0.1) is 0 Å². The molecule has 0 spiro atoms. The van der Waals surface area contributed by atoms with Gasteiger partial charge in [-0.05, 0) is 38.1 Å². The Morgan fingerprint density at radius 2 is 1.97 bits per heavy atom. The van der Waals surface area contributed by atoms with Crippen molar-refractivity contribution in [2.45, 2.75) is 31.5 Å². The number of likely N-dealkylation sites (tertiary alicyclic amines) is 1. The number of benzene rings is 1. The molecule has 2 atom stereocenters. The monoisotopic (exact) mass is 437 g/mol. The summed E-state index contributed by atoms with van der Waals surface area (Å²) in [4.78, 5) is 19.1. The molecular formula is C23H36FN3O4. The number of halogens is 1. The first-order chi connectivity index (χ1) is 15.1. The number of β-amino-alcohol motifs (C(OH)–C–C–N with tert-alkyl or cyclic N) is 1. The highest BCUT2D eigenvalue weighted by molar-refractivity contribution is 5.94. The fourth-order valence-corrected chi connectivity index (χ4v) is 4.38. The molecule has 0 aromatic heterocycles. The van der Waals surface area contributed by atoms with Gasteiger partial charge in [0.05, 0.1) is 31.0 Å². The Bertz CT molecular complexity index is 687. The minimum Gasteiger partial charge on any atom is -0.390 e. The van der Waals surface area contributed by atoms with Gasteiger partial charge in [0.25, 0.3) is 5.91 Å². The van der Waals surface area contributed by atoms with Gasteiger partial charge < -0.3 is 24.4 Å². The van der Waals surface area contributed by atoms with Crippen LogP contribution in [0.1, 0.15) is 29.6 Å². The quantitative estimate of drug-likeness (QED) is 0.598. The Hall–Kier alpha value is -1.58. The van der Waals surface area contributed by atoms with Gasteiger partial charge >= 0.3 is 0 Å². The topological polar surface area (TPSA) is 65.5 Å². The van der Waals surface area contributed by atoms with E-state index < -0.39 is 11.9 Å². The van der Waals surface area contributed by atoms with Crippen molar-refractivity contribution < 1.29 is 23.8 Å². The molecule has 1 aromatic carbocycles. The third-order valence-corrected chi connectivity index (χ3v) is 5.99. The molecule has 0 radical (unpaired) electrons. The normalized spacial score (nSPS) is 21.7. The maximum Gasteiger partial charge on any atom is 0.256 e. The highest BCUT2D eigenvalue weighted by Gasteiger charge is 2.28. The summed E-state index contributed by atoms with van der Waals surface area (Å²) in [5.41, 5.74) is 0.0585. The van der Waals surface area contributed by atoms with Gasteiger partial charge in [-0.3, -0.25) is 9.69 Å². The van der Waals surface area contributed by atoms with Crippen LogP contribution in [0.4, 0.5) is 4.39 Å². The third kappa shape index (κ3) is 7.50. The molecule has 2 aliphatic rings. The van der Waals surface area contributed by atoms with Gasteiger partial charge in [0.2, 0.25) is 0 Å². The zero-order valence-corrected chi connectivity index (χ0v) is 18.5. The number of morpholine rings is 1. The zero-order valence-electron chi connectivity index (χ0n) is 18.5. The fraction of sp³-hybridized carbons (Fsp3) is 0.696. The molecule has 0 bridgehead atoms. The number of ether oxygens (including phenoxy) is 2. The van der Waals surface area contributed by atoms with Crippen LogP contribution < -0.4 is 0 Å². The van der Waals surface area contributed by atoms with Crippen LogP contribution >= 0.6 is 0 Å². The molecule has 8 heteroatoms. The molecule has 2 saturated heterocycles. The summed E-state index contributed by atoms with van der Waals surface area (Å²) in [7, 11) is 1.58. The molecule has 1 aromatic rings. The number of aliphatic hydroxyl groups is 1. The van der Waals surface area contributed by atoms with Gasteiger partial charge in [0, 0.05) is 46.4 Å². The SMILES string of the molecule is COCCN(CC1CN(CC(O)CN2CCCCC2)CCO1)C(=O)c1ccccc1F. The van der Waals surface area contributed by atoms with Crippen molar-refractivity contribution in [3.8, 4) is 0 Å². The van der Waals surface area contributed by atoms with E-state index >= 15 is 0 Å². The van der Waals surface area contributed by atoms with Gasteiger partial charge in [0.1, 0.15) is 5.82 Å². The van der Waals surface area contributed by atoms with E-state index in [2.05, 4.69) is 9.80 Å². The summed E-state index contributed by atoms with van der Waals surface area (Å²) >= 11 is 0. The van der Waals surface area contributed by atoms with E-state index in [-0.39, 0.29) is 17.6 Å². The first kappa shape index (κ1) is 24.1. The molecule has 31 heavy (non-hydrogen) atoms. The van der Waals surface area contributed by atoms with Crippen molar-refractivity contribution in [3.05, 3.63) is 35.6 Å². The lowest BCUT2D eigenvalue weighted by molar-refractivity contribution is -0.0541. The lowest BCUT2D eigenvalue weighted by Crippen LogP contribution is -2.52. The Balaban J connectivity index is 1.54. The van der Waals surface area contributed by atoms with Crippen LogP contribution in [0.5, 0.6) is 0 Å². The van der Waals surface area contributed by atoms with Gasteiger partial charge in [-0.25, -0.2) is 4.39 Å². The second kappa shape index (κ2) is 12.5. The molecule has 2 unspecified atom stereocenters.